The molecule has 2 atom stereocenters. The molecule has 2 saturated heterocycles. The topological polar surface area (TPSA) is 50.4 Å². The Labute approximate surface area is 136 Å². The van der Waals surface area contributed by atoms with Crippen molar-refractivity contribution in [2.75, 3.05) is 7.11 Å². The fraction of sp³-hybridized carbons (Fsp3) is 0.421. The van der Waals surface area contributed by atoms with Crippen molar-refractivity contribution in [1.82, 2.24) is 10.6 Å². The van der Waals surface area contributed by atoms with Gasteiger partial charge in [0.15, 0.2) is 0 Å². The summed E-state index contributed by atoms with van der Waals surface area (Å²) in [7, 11) is 1.66. The second-order valence-corrected chi connectivity index (χ2v) is 6.64. The third-order valence-electron chi connectivity index (χ3n) is 5.16. The molecule has 2 fully saturated rings. The minimum absolute atomic E-state index is 0.0233. The van der Waals surface area contributed by atoms with Gasteiger partial charge in [0.25, 0.3) is 5.91 Å². The molecule has 4 heteroatoms. The number of fused-ring (bicyclic) bond motifs is 3. The number of ether oxygens (including phenoxy) is 1. The quantitative estimate of drug-likeness (QED) is 0.916. The fourth-order valence-electron chi connectivity index (χ4n) is 4.09. The lowest BCUT2D eigenvalue weighted by molar-refractivity contribution is 0.0925. The van der Waals surface area contributed by atoms with Gasteiger partial charge in [0.05, 0.1) is 7.11 Å². The smallest absolute Gasteiger partial charge is 0.252 e. The first-order valence-electron chi connectivity index (χ1n) is 8.37. The summed E-state index contributed by atoms with van der Waals surface area (Å²) in [4.78, 5) is 12.8. The number of amides is 1. The molecule has 1 amide bonds. The summed E-state index contributed by atoms with van der Waals surface area (Å²) >= 11 is 0. The molecule has 0 radical (unpaired) electrons. The molecule has 2 aromatic rings. The SMILES string of the molecule is COc1ccc(C(=O)NC2CC3CCC(C2)N3)c2ccccc12. The maximum Gasteiger partial charge on any atom is 0.252 e. The standard InChI is InChI=1S/C19H22N2O2/c1-23-18-9-8-17(15-4-2-3-5-16(15)18)19(22)21-14-10-12-6-7-13(11-14)20-12/h2-5,8-9,12-14,20H,6-7,10-11H2,1H3,(H,21,22). The van der Waals surface area contributed by atoms with E-state index in [0.717, 1.165) is 34.9 Å². The Morgan fingerprint density at radius 3 is 2.48 bits per heavy atom. The Morgan fingerprint density at radius 2 is 1.78 bits per heavy atom. The molecular formula is C19H22N2O2. The van der Waals surface area contributed by atoms with Crippen LogP contribution in [0.15, 0.2) is 36.4 Å². The number of nitrogens with one attached hydrogen (secondary N) is 2. The molecule has 0 aromatic heterocycles. The van der Waals surface area contributed by atoms with Gasteiger partial charge >= 0.3 is 0 Å². The molecule has 4 rings (SSSR count). The van der Waals surface area contributed by atoms with Gasteiger partial charge in [0.1, 0.15) is 5.75 Å². The van der Waals surface area contributed by atoms with Crippen molar-refractivity contribution in [3.63, 3.8) is 0 Å². The zero-order valence-electron chi connectivity index (χ0n) is 13.3. The maximum absolute atomic E-state index is 12.8. The number of rotatable bonds is 3. The first kappa shape index (κ1) is 14.5. The van der Waals surface area contributed by atoms with Crippen LogP contribution in [0.5, 0.6) is 5.75 Å². The first-order valence-corrected chi connectivity index (χ1v) is 8.37. The van der Waals surface area contributed by atoms with Crippen LogP contribution in [0, 0.1) is 0 Å². The van der Waals surface area contributed by atoms with Crippen LogP contribution in [0.1, 0.15) is 36.0 Å². The van der Waals surface area contributed by atoms with Crippen LogP contribution in [0.25, 0.3) is 10.8 Å². The van der Waals surface area contributed by atoms with Gasteiger partial charge in [-0.25, -0.2) is 0 Å². The monoisotopic (exact) mass is 310 g/mol. The van der Waals surface area contributed by atoms with E-state index in [-0.39, 0.29) is 11.9 Å². The van der Waals surface area contributed by atoms with Crippen LogP contribution in [-0.4, -0.2) is 31.1 Å². The molecule has 23 heavy (non-hydrogen) atoms. The van der Waals surface area contributed by atoms with Crippen molar-refractivity contribution in [3.8, 4) is 5.75 Å². The highest BCUT2D eigenvalue weighted by Crippen LogP contribution is 2.30. The minimum Gasteiger partial charge on any atom is -0.496 e. The second-order valence-electron chi connectivity index (χ2n) is 6.64. The molecule has 2 aliphatic rings. The highest BCUT2D eigenvalue weighted by Gasteiger charge is 2.34. The van der Waals surface area contributed by atoms with Gasteiger partial charge in [-0.2, -0.15) is 0 Å². The minimum atomic E-state index is 0.0233. The lowest BCUT2D eigenvalue weighted by Crippen LogP contribution is -2.48. The molecule has 2 N–H and O–H groups in total. The Balaban J connectivity index is 1.60. The van der Waals surface area contributed by atoms with Gasteiger partial charge in [-0.3, -0.25) is 4.79 Å². The Kier molecular flexibility index (Phi) is 3.69. The van der Waals surface area contributed by atoms with E-state index < -0.39 is 0 Å². The molecule has 2 bridgehead atoms. The molecule has 2 aliphatic heterocycles. The van der Waals surface area contributed by atoms with E-state index >= 15 is 0 Å². The number of carbonyl (C=O) groups excluding carboxylic acids is 1. The van der Waals surface area contributed by atoms with Gasteiger partial charge in [-0.15, -0.1) is 0 Å². The van der Waals surface area contributed by atoms with E-state index in [1.54, 1.807) is 7.11 Å². The molecular weight excluding hydrogens is 288 g/mol. The number of piperidine rings is 1. The third-order valence-corrected chi connectivity index (χ3v) is 5.16. The largest absolute Gasteiger partial charge is 0.496 e. The molecule has 0 spiro atoms. The van der Waals surface area contributed by atoms with Crippen LogP contribution in [0.3, 0.4) is 0 Å². The van der Waals surface area contributed by atoms with E-state index in [9.17, 15) is 4.79 Å². The number of methoxy groups -OCH3 is 1. The summed E-state index contributed by atoms with van der Waals surface area (Å²) in [5.41, 5.74) is 0.729. The summed E-state index contributed by atoms with van der Waals surface area (Å²) in [5.74, 6) is 0.826. The van der Waals surface area contributed by atoms with Crippen LogP contribution >= 0.6 is 0 Å². The summed E-state index contributed by atoms with van der Waals surface area (Å²) < 4.78 is 5.41. The highest BCUT2D eigenvalue weighted by molar-refractivity contribution is 6.08. The van der Waals surface area contributed by atoms with Crippen molar-refractivity contribution in [1.29, 1.82) is 0 Å². The van der Waals surface area contributed by atoms with Crippen molar-refractivity contribution in [3.05, 3.63) is 42.0 Å². The Bertz CT molecular complexity index is 731. The maximum atomic E-state index is 12.8. The average Bonchev–Trinajstić information content (AvgIpc) is 2.92. The van der Waals surface area contributed by atoms with E-state index in [1.165, 1.54) is 12.8 Å². The molecule has 0 saturated carbocycles. The number of hydrogen-bond donors (Lipinski definition) is 2. The van der Waals surface area contributed by atoms with E-state index in [2.05, 4.69) is 10.6 Å². The third kappa shape index (κ3) is 2.68. The molecule has 2 heterocycles. The molecule has 2 aromatic carbocycles. The van der Waals surface area contributed by atoms with Crippen molar-refractivity contribution < 1.29 is 9.53 Å². The summed E-state index contributed by atoms with van der Waals surface area (Å²) in [6.45, 7) is 0. The van der Waals surface area contributed by atoms with Crippen LogP contribution < -0.4 is 15.4 Å². The zero-order chi connectivity index (χ0) is 15.8. The molecule has 120 valence electrons. The van der Waals surface area contributed by atoms with Gasteiger partial charge in [0, 0.05) is 29.1 Å². The predicted octanol–water partition coefficient (Wildman–Crippen LogP) is 2.86. The van der Waals surface area contributed by atoms with E-state index in [0.29, 0.717) is 12.1 Å². The second kappa shape index (κ2) is 5.85. The molecule has 2 unspecified atom stereocenters. The normalized spacial score (nSPS) is 26.2. The Hall–Kier alpha value is -2.07. The van der Waals surface area contributed by atoms with Gasteiger partial charge in [-0.1, -0.05) is 24.3 Å². The molecule has 0 aliphatic carbocycles. The van der Waals surface area contributed by atoms with Crippen LogP contribution in [0.4, 0.5) is 0 Å². The summed E-state index contributed by atoms with van der Waals surface area (Å²) in [6.07, 6.45) is 4.55. The van der Waals surface area contributed by atoms with Gasteiger partial charge in [-0.05, 0) is 43.2 Å². The molecule has 4 nitrogen and oxygen atoms in total. The fourth-order valence-corrected chi connectivity index (χ4v) is 4.09. The average molecular weight is 310 g/mol. The number of carbonyl (C=O) groups is 1. The highest BCUT2D eigenvalue weighted by atomic mass is 16.5. The number of hydrogen-bond acceptors (Lipinski definition) is 3. The van der Waals surface area contributed by atoms with Gasteiger partial charge in [0.2, 0.25) is 0 Å². The van der Waals surface area contributed by atoms with E-state index in [4.69, 9.17) is 4.74 Å². The lowest BCUT2D eigenvalue weighted by Gasteiger charge is -2.29. The van der Waals surface area contributed by atoms with Crippen molar-refractivity contribution >= 4 is 16.7 Å². The zero-order valence-corrected chi connectivity index (χ0v) is 13.3. The lowest BCUT2D eigenvalue weighted by atomic mass is 9.98. The van der Waals surface area contributed by atoms with Crippen molar-refractivity contribution in [2.24, 2.45) is 0 Å². The van der Waals surface area contributed by atoms with Gasteiger partial charge < -0.3 is 15.4 Å². The Morgan fingerprint density at radius 1 is 1.09 bits per heavy atom. The van der Waals surface area contributed by atoms with E-state index in [1.807, 2.05) is 36.4 Å². The summed E-state index contributed by atoms with van der Waals surface area (Å²) in [5, 5.41) is 8.78. The van der Waals surface area contributed by atoms with Crippen LogP contribution in [0.2, 0.25) is 0 Å². The van der Waals surface area contributed by atoms with Crippen LogP contribution in [-0.2, 0) is 0 Å². The predicted molar refractivity (Wildman–Crippen MR) is 90.9 cm³/mol. The number of benzene rings is 2. The first-order chi connectivity index (χ1) is 11.2. The van der Waals surface area contributed by atoms with Crippen molar-refractivity contribution in [2.45, 2.75) is 43.8 Å². The summed E-state index contributed by atoms with van der Waals surface area (Å²) in [6, 6.07) is 13.1.